The van der Waals surface area contributed by atoms with E-state index in [1.165, 1.54) is 17.5 Å². The molecule has 0 saturated heterocycles. The summed E-state index contributed by atoms with van der Waals surface area (Å²) in [6.07, 6.45) is 5.10. The number of aromatic nitrogens is 3. The number of methoxy groups -OCH3 is 1. The van der Waals surface area contributed by atoms with Crippen LogP contribution in [0, 0.1) is 0 Å². The van der Waals surface area contributed by atoms with Gasteiger partial charge in [-0.15, -0.1) is 0 Å². The Balaban J connectivity index is 1.21. The highest BCUT2D eigenvalue weighted by molar-refractivity contribution is 5.91. The SMILES string of the molecule is COc1ccc2nccc(-c3ccc(CCNCc4ccc5c(n4)NCCC5)cc3)c2n1. The third-order valence-electron chi connectivity index (χ3n) is 5.88. The molecule has 4 aromatic rings. The lowest BCUT2D eigenvalue weighted by atomic mass is 10.0. The Morgan fingerprint density at radius 3 is 2.78 bits per heavy atom. The maximum absolute atomic E-state index is 5.29. The van der Waals surface area contributed by atoms with Crippen molar-refractivity contribution in [2.45, 2.75) is 25.8 Å². The first-order chi connectivity index (χ1) is 15.8. The van der Waals surface area contributed by atoms with Crippen LogP contribution >= 0.6 is 0 Å². The highest BCUT2D eigenvalue weighted by Gasteiger charge is 2.10. The summed E-state index contributed by atoms with van der Waals surface area (Å²) in [5.74, 6) is 1.65. The molecule has 6 heteroatoms. The zero-order valence-corrected chi connectivity index (χ0v) is 18.3. The number of anilines is 1. The van der Waals surface area contributed by atoms with Crippen molar-refractivity contribution in [3.05, 3.63) is 77.6 Å². The van der Waals surface area contributed by atoms with Crippen LogP contribution in [0.4, 0.5) is 5.82 Å². The van der Waals surface area contributed by atoms with E-state index in [0.717, 1.165) is 66.1 Å². The predicted octanol–water partition coefficient (Wildman–Crippen LogP) is 4.39. The molecule has 5 rings (SSSR count). The van der Waals surface area contributed by atoms with Gasteiger partial charge in [0.05, 0.1) is 18.3 Å². The number of benzene rings is 1. The Hall–Kier alpha value is -3.51. The van der Waals surface area contributed by atoms with Gasteiger partial charge < -0.3 is 15.4 Å². The van der Waals surface area contributed by atoms with Gasteiger partial charge in [0.15, 0.2) is 0 Å². The topological polar surface area (TPSA) is 72.0 Å². The fraction of sp³-hybridized carbons (Fsp3) is 0.269. The average Bonchev–Trinajstić information content (AvgIpc) is 2.86. The largest absolute Gasteiger partial charge is 0.481 e. The van der Waals surface area contributed by atoms with Gasteiger partial charge in [-0.1, -0.05) is 30.3 Å². The summed E-state index contributed by atoms with van der Waals surface area (Å²) in [4.78, 5) is 13.8. The van der Waals surface area contributed by atoms with Crippen LogP contribution < -0.4 is 15.4 Å². The van der Waals surface area contributed by atoms with Crippen LogP contribution in [0.15, 0.2) is 60.8 Å². The molecule has 1 aliphatic heterocycles. The van der Waals surface area contributed by atoms with Crippen LogP contribution in [0.2, 0.25) is 0 Å². The molecule has 0 amide bonds. The first kappa shape index (κ1) is 20.4. The van der Waals surface area contributed by atoms with Gasteiger partial charge in [-0.3, -0.25) is 4.98 Å². The van der Waals surface area contributed by atoms with Crippen molar-refractivity contribution in [3.8, 4) is 17.0 Å². The molecule has 2 N–H and O–H groups in total. The van der Waals surface area contributed by atoms with E-state index in [1.54, 1.807) is 7.11 Å². The number of nitrogens with zero attached hydrogens (tertiary/aromatic N) is 3. The fourth-order valence-electron chi connectivity index (χ4n) is 4.12. The van der Waals surface area contributed by atoms with E-state index in [2.05, 4.69) is 57.0 Å². The number of aryl methyl sites for hydroxylation is 1. The lowest BCUT2D eigenvalue weighted by molar-refractivity contribution is 0.399. The number of ether oxygens (including phenoxy) is 1. The molecule has 32 heavy (non-hydrogen) atoms. The van der Waals surface area contributed by atoms with E-state index in [9.17, 15) is 0 Å². The summed E-state index contributed by atoms with van der Waals surface area (Å²) in [5, 5.41) is 6.92. The average molecular weight is 426 g/mol. The van der Waals surface area contributed by atoms with Gasteiger partial charge in [0.25, 0.3) is 0 Å². The summed E-state index contributed by atoms with van der Waals surface area (Å²) < 4.78 is 5.29. The molecule has 0 atom stereocenters. The number of pyridine rings is 3. The molecule has 1 aromatic carbocycles. The summed E-state index contributed by atoms with van der Waals surface area (Å²) in [7, 11) is 1.63. The predicted molar refractivity (Wildman–Crippen MR) is 128 cm³/mol. The maximum Gasteiger partial charge on any atom is 0.213 e. The van der Waals surface area contributed by atoms with Gasteiger partial charge >= 0.3 is 0 Å². The van der Waals surface area contributed by atoms with Gasteiger partial charge in [-0.2, -0.15) is 0 Å². The second kappa shape index (κ2) is 9.32. The minimum atomic E-state index is 0.596. The number of hydrogen-bond acceptors (Lipinski definition) is 6. The lowest BCUT2D eigenvalue weighted by Gasteiger charge is -2.17. The standard InChI is InChI=1S/C26H27N5O/c1-32-24-11-10-23-25(31-24)22(13-16-28-23)19-6-4-18(5-7-19)12-15-27-17-21-9-8-20-3-2-14-29-26(20)30-21/h4-11,13,16,27H,2-3,12,14-15,17H2,1H3,(H,29,30). The van der Waals surface area contributed by atoms with E-state index in [-0.39, 0.29) is 0 Å². The summed E-state index contributed by atoms with van der Waals surface area (Å²) in [6, 6.07) is 18.8. The number of fused-ring (bicyclic) bond motifs is 2. The fourth-order valence-corrected chi connectivity index (χ4v) is 4.12. The molecule has 0 fully saturated rings. The Morgan fingerprint density at radius 2 is 1.91 bits per heavy atom. The molecule has 0 saturated carbocycles. The Bertz CT molecular complexity index is 1220. The van der Waals surface area contributed by atoms with Crippen LogP contribution in [-0.2, 0) is 19.4 Å². The number of rotatable bonds is 7. The molecular weight excluding hydrogens is 398 g/mol. The van der Waals surface area contributed by atoms with Gasteiger partial charge in [0.1, 0.15) is 11.3 Å². The smallest absolute Gasteiger partial charge is 0.213 e. The second-order valence-electron chi connectivity index (χ2n) is 8.04. The van der Waals surface area contributed by atoms with E-state index in [1.807, 2.05) is 24.4 Å². The van der Waals surface area contributed by atoms with Crippen LogP contribution in [0.3, 0.4) is 0 Å². The van der Waals surface area contributed by atoms with Crippen molar-refractivity contribution >= 4 is 16.9 Å². The Morgan fingerprint density at radius 1 is 1.00 bits per heavy atom. The molecule has 3 aromatic heterocycles. The molecule has 1 aliphatic rings. The van der Waals surface area contributed by atoms with Crippen LogP contribution in [0.1, 0.15) is 23.2 Å². The molecule has 162 valence electrons. The molecule has 0 radical (unpaired) electrons. The van der Waals surface area contributed by atoms with Crippen molar-refractivity contribution < 1.29 is 4.74 Å². The molecule has 6 nitrogen and oxygen atoms in total. The summed E-state index contributed by atoms with van der Waals surface area (Å²) >= 11 is 0. The minimum absolute atomic E-state index is 0.596. The van der Waals surface area contributed by atoms with E-state index in [4.69, 9.17) is 9.72 Å². The zero-order valence-electron chi connectivity index (χ0n) is 18.3. The van der Waals surface area contributed by atoms with Gasteiger partial charge in [0, 0.05) is 30.9 Å². The third kappa shape index (κ3) is 4.41. The summed E-state index contributed by atoms with van der Waals surface area (Å²) in [5.41, 5.74) is 7.61. The zero-order chi connectivity index (χ0) is 21.8. The van der Waals surface area contributed by atoms with Gasteiger partial charge in [-0.25, -0.2) is 9.97 Å². The molecular formula is C26H27N5O. The summed E-state index contributed by atoms with van der Waals surface area (Å²) in [6.45, 7) is 2.71. The van der Waals surface area contributed by atoms with Crippen LogP contribution in [0.25, 0.3) is 22.2 Å². The molecule has 0 unspecified atom stereocenters. The van der Waals surface area contributed by atoms with E-state index >= 15 is 0 Å². The normalized spacial score (nSPS) is 12.9. The first-order valence-corrected chi connectivity index (χ1v) is 11.1. The highest BCUT2D eigenvalue weighted by Crippen LogP contribution is 2.28. The third-order valence-corrected chi connectivity index (χ3v) is 5.88. The van der Waals surface area contributed by atoms with E-state index in [0.29, 0.717) is 5.88 Å². The number of nitrogens with one attached hydrogen (secondary N) is 2. The van der Waals surface area contributed by atoms with Gasteiger partial charge in [0.2, 0.25) is 5.88 Å². The van der Waals surface area contributed by atoms with Crippen molar-refractivity contribution in [2.75, 3.05) is 25.5 Å². The Labute approximate surface area is 188 Å². The Kier molecular flexibility index (Phi) is 5.94. The van der Waals surface area contributed by atoms with Crippen molar-refractivity contribution in [1.29, 1.82) is 0 Å². The monoisotopic (exact) mass is 425 g/mol. The van der Waals surface area contributed by atoms with Crippen molar-refractivity contribution in [1.82, 2.24) is 20.3 Å². The highest BCUT2D eigenvalue weighted by atomic mass is 16.5. The maximum atomic E-state index is 5.29. The molecule has 4 heterocycles. The molecule has 0 spiro atoms. The number of hydrogen-bond donors (Lipinski definition) is 2. The van der Waals surface area contributed by atoms with Crippen molar-refractivity contribution in [2.24, 2.45) is 0 Å². The van der Waals surface area contributed by atoms with Crippen LogP contribution in [-0.4, -0.2) is 35.2 Å². The van der Waals surface area contributed by atoms with Crippen molar-refractivity contribution in [3.63, 3.8) is 0 Å². The lowest BCUT2D eigenvalue weighted by Crippen LogP contribution is -2.19. The second-order valence-corrected chi connectivity index (χ2v) is 8.04. The molecule has 0 aliphatic carbocycles. The first-order valence-electron chi connectivity index (χ1n) is 11.1. The van der Waals surface area contributed by atoms with Crippen LogP contribution in [0.5, 0.6) is 5.88 Å². The molecule has 0 bridgehead atoms. The minimum Gasteiger partial charge on any atom is -0.481 e. The van der Waals surface area contributed by atoms with E-state index < -0.39 is 0 Å². The van der Waals surface area contributed by atoms with Gasteiger partial charge in [-0.05, 0) is 60.7 Å². The quantitative estimate of drug-likeness (QED) is 0.428.